The molecule has 2 fully saturated rings. The molecule has 13 nitrogen and oxygen atoms in total. The van der Waals surface area contributed by atoms with E-state index in [0.29, 0.717) is 0 Å². The summed E-state index contributed by atoms with van der Waals surface area (Å²) in [7, 11) is 0. The number of H-pyrrole nitrogens is 1. The summed E-state index contributed by atoms with van der Waals surface area (Å²) in [6, 6.07) is 0. The number of aliphatic hydroxyl groups is 5. The SMILES string of the molecule is Nc1nc2c(ncn2[C@]2([C@H]3C[C@H](O)[C@H](O)CO3)O[C@H](CO)[C@@H](O)[C@]2(O)F)c(=O)[nH]1. The van der Waals surface area contributed by atoms with E-state index in [1.165, 1.54) is 0 Å². The Morgan fingerprint density at radius 2 is 2.10 bits per heavy atom. The fraction of sp³-hybridized carbons (Fsp3) is 0.667. The molecule has 8 N–H and O–H groups in total. The van der Waals surface area contributed by atoms with Crippen molar-refractivity contribution < 1.29 is 39.4 Å². The molecule has 0 unspecified atom stereocenters. The Morgan fingerprint density at radius 1 is 1.38 bits per heavy atom. The van der Waals surface area contributed by atoms with Gasteiger partial charge in [-0.05, 0) is 0 Å². The van der Waals surface area contributed by atoms with E-state index < -0.39 is 67.3 Å². The largest absolute Gasteiger partial charge is 0.394 e. The fourth-order valence-corrected chi connectivity index (χ4v) is 3.87. The number of aromatic nitrogens is 4. The van der Waals surface area contributed by atoms with Gasteiger partial charge in [0.1, 0.15) is 24.4 Å². The molecule has 0 aliphatic carbocycles. The van der Waals surface area contributed by atoms with Crippen molar-refractivity contribution in [1.82, 2.24) is 19.5 Å². The van der Waals surface area contributed by atoms with Crippen LogP contribution < -0.4 is 11.3 Å². The zero-order valence-corrected chi connectivity index (χ0v) is 14.8. The van der Waals surface area contributed by atoms with Gasteiger partial charge in [-0.2, -0.15) is 4.98 Å². The van der Waals surface area contributed by atoms with Gasteiger partial charge >= 0.3 is 0 Å². The highest BCUT2D eigenvalue weighted by Gasteiger charge is 2.72. The molecule has 4 rings (SSSR count). The lowest BCUT2D eigenvalue weighted by molar-refractivity contribution is -0.316. The van der Waals surface area contributed by atoms with Gasteiger partial charge in [-0.3, -0.25) is 14.3 Å². The van der Waals surface area contributed by atoms with Crippen LogP contribution in [0.2, 0.25) is 0 Å². The summed E-state index contributed by atoms with van der Waals surface area (Å²) in [6.45, 7) is -1.30. The van der Waals surface area contributed by atoms with E-state index in [-0.39, 0.29) is 17.1 Å². The number of ether oxygens (including phenoxy) is 2. The number of anilines is 1. The molecular formula is C15H20FN5O8. The topological polar surface area (TPSA) is 209 Å². The predicted molar refractivity (Wildman–Crippen MR) is 90.9 cm³/mol. The molecule has 7 atom stereocenters. The molecule has 0 saturated carbocycles. The first kappa shape index (κ1) is 20.1. The van der Waals surface area contributed by atoms with Crippen molar-refractivity contribution in [3.05, 3.63) is 16.7 Å². The van der Waals surface area contributed by atoms with Crippen molar-refractivity contribution in [3.8, 4) is 0 Å². The van der Waals surface area contributed by atoms with Crippen LogP contribution in [-0.2, 0) is 15.2 Å². The molecule has 2 aromatic rings. The normalized spacial score (nSPS) is 40.6. The molecule has 2 aliphatic heterocycles. The van der Waals surface area contributed by atoms with Crippen LogP contribution in [0.15, 0.2) is 11.1 Å². The Morgan fingerprint density at radius 3 is 2.72 bits per heavy atom. The zero-order valence-electron chi connectivity index (χ0n) is 14.8. The highest BCUT2D eigenvalue weighted by Crippen LogP contribution is 2.50. The van der Waals surface area contributed by atoms with Crippen LogP contribution in [0.3, 0.4) is 0 Å². The Kier molecular flexibility index (Phi) is 4.62. The quantitative estimate of drug-likeness (QED) is 0.258. The Bertz CT molecular complexity index is 981. The summed E-state index contributed by atoms with van der Waals surface area (Å²) in [6.07, 6.45) is -7.42. The van der Waals surface area contributed by atoms with Crippen LogP contribution in [0.25, 0.3) is 11.2 Å². The summed E-state index contributed by atoms with van der Waals surface area (Å²) in [5.41, 5.74) is 1.63. The van der Waals surface area contributed by atoms with Crippen molar-refractivity contribution in [2.75, 3.05) is 18.9 Å². The maximum Gasteiger partial charge on any atom is 0.287 e. The van der Waals surface area contributed by atoms with Crippen molar-refractivity contribution in [1.29, 1.82) is 0 Å². The number of nitrogens with two attached hydrogens (primary N) is 1. The number of aliphatic hydroxyl groups excluding tert-OH is 4. The third-order valence-corrected chi connectivity index (χ3v) is 5.35. The number of nitrogens with one attached hydrogen (secondary N) is 1. The maximum absolute atomic E-state index is 15.7. The van der Waals surface area contributed by atoms with E-state index in [0.717, 1.165) is 10.9 Å². The molecule has 0 bridgehead atoms. The van der Waals surface area contributed by atoms with E-state index in [9.17, 15) is 30.3 Å². The van der Waals surface area contributed by atoms with E-state index in [4.69, 9.17) is 15.2 Å². The van der Waals surface area contributed by atoms with E-state index in [2.05, 4.69) is 15.0 Å². The monoisotopic (exact) mass is 417 g/mol. The highest BCUT2D eigenvalue weighted by molar-refractivity contribution is 5.71. The van der Waals surface area contributed by atoms with E-state index in [1.807, 2.05) is 0 Å². The van der Waals surface area contributed by atoms with E-state index >= 15 is 4.39 Å². The summed E-state index contributed by atoms with van der Waals surface area (Å²) < 4.78 is 27.6. The second-order valence-electron chi connectivity index (χ2n) is 7.08. The van der Waals surface area contributed by atoms with Crippen molar-refractivity contribution in [3.63, 3.8) is 0 Å². The smallest absolute Gasteiger partial charge is 0.287 e. The number of halogens is 1. The maximum atomic E-state index is 15.7. The van der Waals surface area contributed by atoms with Gasteiger partial charge in [-0.1, -0.05) is 0 Å². The highest BCUT2D eigenvalue weighted by atomic mass is 19.2. The minimum atomic E-state index is -3.58. The van der Waals surface area contributed by atoms with Crippen LogP contribution >= 0.6 is 0 Å². The summed E-state index contributed by atoms with van der Waals surface area (Å²) in [5.74, 6) is -3.92. The fourth-order valence-electron chi connectivity index (χ4n) is 3.87. The Hall–Kier alpha value is -2.20. The molecule has 2 aromatic heterocycles. The number of hydrogen-bond donors (Lipinski definition) is 7. The molecule has 2 aliphatic rings. The minimum Gasteiger partial charge on any atom is -0.394 e. The number of nitrogen functional groups attached to an aromatic ring is 1. The van der Waals surface area contributed by atoms with Gasteiger partial charge in [0.2, 0.25) is 11.7 Å². The van der Waals surface area contributed by atoms with Gasteiger partial charge in [0.25, 0.3) is 11.4 Å². The molecule has 14 heteroatoms. The molecule has 0 amide bonds. The number of fused-ring (bicyclic) bond motifs is 1. The average molecular weight is 417 g/mol. The van der Waals surface area contributed by atoms with Crippen LogP contribution in [-0.4, -0.2) is 94.6 Å². The summed E-state index contributed by atoms with van der Waals surface area (Å²) >= 11 is 0. The molecule has 29 heavy (non-hydrogen) atoms. The zero-order chi connectivity index (χ0) is 21.1. The number of imidazole rings is 1. The molecule has 2 saturated heterocycles. The van der Waals surface area contributed by atoms with E-state index in [1.54, 1.807) is 0 Å². The van der Waals surface area contributed by atoms with Gasteiger partial charge in [-0.25, -0.2) is 9.37 Å². The Balaban J connectivity index is 1.97. The lowest BCUT2D eigenvalue weighted by atomic mass is 9.88. The van der Waals surface area contributed by atoms with Crippen molar-refractivity contribution >= 4 is 17.1 Å². The molecule has 0 spiro atoms. The Labute approximate surface area is 161 Å². The minimum absolute atomic E-state index is 0.267. The number of hydrogen-bond acceptors (Lipinski definition) is 11. The number of alkyl halides is 1. The van der Waals surface area contributed by atoms with Crippen LogP contribution in [0.4, 0.5) is 10.3 Å². The molecule has 4 heterocycles. The molecule has 0 aromatic carbocycles. The molecule has 160 valence electrons. The first-order valence-electron chi connectivity index (χ1n) is 8.72. The summed E-state index contributed by atoms with van der Waals surface area (Å²) in [5, 5.41) is 50.2. The van der Waals surface area contributed by atoms with Gasteiger partial charge < -0.3 is 40.7 Å². The second-order valence-corrected chi connectivity index (χ2v) is 7.08. The number of nitrogens with zero attached hydrogens (tertiary/aromatic N) is 3. The molecular weight excluding hydrogens is 397 g/mol. The summed E-state index contributed by atoms with van der Waals surface area (Å²) in [4.78, 5) is 22.1. The number of rotatable bonds is 3. The lowest BCUT2D eigenvalue weighted by Gasteiger charge is -2.45. The third-order valence-electron chi connectivity index (χ3n) is 5.35. The first-order chi connectivity index (χ1) is 13.6. The van der Waals surface area contributed by atoms with Crippen molar-refractivity contribution in [2.45, 2.75) is 48.5 Å². The number of aromatic amines is 1. The van der Waals surface area contributed by atoms with Gasteiger partial charge in [-0.15, -0.1) is 0 Å². The van der Waals surface area contributed by atoms with Crippen LogP contribution in [0, 0.1) is 0 Å². The van der Waals surface area contributed by atoms with Crippen LogP contribution in [0.1, 0.15) is 6.42 Å². The van der Waals surface area contributed by atoms with Gasteiger partial charge in [0.15, 0.2) is 11.2 Å². The average Bonchev–Trinajstić information content (AvgIpc) is 3.16. The second kappa shape index (κ2) is 6.66. The van der Waals surface area contributed by atoms with Crippen LogP contribution in [0.5, 0.6) is 0 Å². The van der Waals surface area contributed by atoms with Gasteiger partial charge in [0.05, 0.1) is 25.6 Å². The van der Waals surface area contributed by atoms with Crippen molar-refractivity contribution in [2.24, 2.45) is 0 Å². The standard InChI is InChI=1S/C15H20FN5O8/c16-14(27)10(25)7(2-22)29-15(14,8-1-5(23)6(24)3-28-8)21-4-18-9-11(21)19-13(17)20-12(9)26/h4-8,10,22-25,27H,1-3H2,(H3,17,19,20,26)/t5-,6+,7+,8+,10+,14+,15+/m0/s1. The molecule has 0 radical (unpaired) electrons. The lowest BCUT2D eigenvalue weighted by Crippen LogP contribution is -2.64. The van der Waals surface area contributed by atoms with Gasteiger partial charge in [0, 0.05) is 6.42 Å². The first-order valence-corrected chi connectivity index (χ1v) is 8.72. The predicted octanol–water partition coefficient (Wildman–Crippen LogP) is -3.72. The third kappa shape index (κ3) is 2.68.